The summed E-state index contributed by atoms with van der Waals surface area (Å²) in [7, 11) is 0. The Bertz CT molecular complexity index is 158. The van der Waals surface area contributed by atoms with Gasteiger partial charge in [0, 0.05) is 12.8 Å². The van der Waals surface area contributed by atoms with E-state index in [1.807, 2.05) is 0 Å². The second kappa shape index (κ2) is 6.96. The molecule has 0 saturated heterocycles. The first-order valence-electron chi connectivity index (χ1n) is 5.16. The molecule has 0 heterocycles. The van der Waals surface area contributed by atoms with Crippen molar-refractivity contribution in [2.75, 3.05) is 19.8 Å². The van der Waals surface area contributed by atoms with Crippen LogP contribution in [0.15, 0.2) is 0 Å². The number of rotatable bonds is 7. The lowest BCUT2D eigenvalue weighted by Gasteiger charge is -2.16. The first-order valence-corrected chi connectivity index (χ1v) is 5.16. The Morgan fingerprint density at radius 3 is 2.36 bits per heavy atom. The van der Waals surface area contributed by atoms with Crippen LogP contribution in [0.25, 0.3) is 0 Å². The highest BCUT2D eigenvalue weighted by Gasteiger charge is 2.12. The van der Waals surface area contributed by atoms with Crippen LogP contribution in [-0.2, 0) is 9.53 Å². The molecule has 0 bridgehead atoms. The molecule has 0 fully saturated rings. The number of hydrogen-bond acceptors (Lipinski definition) is 3. The van der Waals surface area contributed by atoms with E-state index >= 15 is 0 Å². The van der Waals surface area contributed by atoms with E-state index in [-0.39, 0.29) is 17.8 Å². The van der Waals surface area contributed by atoms with Gasteiger partial charge in [0.25, 0.3) is 0 Å². The minimum atomic E-state index is 0.0240. The highest BCUT2D eigenvalue weighted by atomic mass is 16.5. The minimum absolute atomic E-state index is 0.0240. The predicted molar refractivity (Wildman–Crippen MR) is 56.2 cm³/mol. The zero-order chi connectivity index (χ0) is 11.0. The first kappa shape index (κ1) is 13.6. The third-order valence-corrected chi connectivity index (χ3v) is 1.91. The van der Waals surface area contributed by atoms with Crippen molar-refractivity contribution in [2.24, 2.45) is 5.41 Å². The van der Waals surface area contributed by atoms with Gasteiger partial charge in [-0.2, -0.15) is 0 Å². The van der Waals surface area contributed by atoms with Gasteiger partial charge in [-0.1, -0.05) is 20.8 Å². The van der Waals surface area contributed by atoms with Gasteiger partial charge in [0.2, 0.25) is 0 Å². The van der Waals surface area contributed by atoms with Crippen molar-refractivity contribution in [1.29, 1.82) is 0 Å². The summed E-state index contributed by atoms with van der Waals surface area (Å²) in [6.07, 6.45) is 2.02. The van der Waals surface area contributed by atoms with Crippen LogP contribution < -0.4 is 0 Å². The third kappa shape index (κ3) is 9.68. The lowest BCUT2D eigenvalue weighted by Crippen LogP contribution is -2.11. The molecule has 0 aliphatic rings. The van der Waals surface area contributed by atoms with E-state index in [1.54, 1.807) is 0 Å². The summed E-state index contributed by atoms with van der Waals surface area (Å²) < 4.78 is 5.01. The van der Waals surface area contributed by atoms with Crippen LogP contribution in [0.2, 0.25) is 0 Å². The van der Waals surface area contributed by atoms with Crippen LogP contribution in [0.3, 0.4) is 0 Å². The van der Waals surface area contributed by atoms with E-state index in [0.717, 1.165) is 6.42 Å². The smallest absolute Gasteiger partial charge is 0.135 e. The molecule has 3 nitrogen and oxygen atoms in total. The Hall–Kier alpha value is -0.410. The third-order valence-electron chi connectivity index (χ3n) is 1.91. The fourth-order valence-corrected chi connectivity index (χ4v) is 0.992. The number of carbonyl (C=O) groups is 1. The van der Waals surface area contributed by atoms with Crippen LogP contribution in [0.5, 0.6) is 0 Å². The Balaban J connectivity index is 3.38. The summed E-state index contributed by atoms with van der Waals surface area (Å²) >= 11 is 0. The van der Waals surface area contributed by atoms with E-state index in [9.17, 15) is 4.79 Å². The van der Waals surface area contributed by atoms with Crippen molar-refractivity contribution >= 4 is 5.78 Å². The van der Waals surface area contributed by atoms with Crippen LogP contribution in [-0.4, -0.2) is 30.7 Å². The maximum absolute atomic E-state index is 11.3. The molecule has 0 unspecified atom stereocenters. The largest absolute Gasteiger partial charge is 0.394 e. The molecule has 14 heavy (non-hydrogen) atoms. The molecule has 84 valence electrons. The number of aliphatic hydroxyl groups excluding tert-OH is 1. The van der Waals surface area contributed by atoms with Gasteiger partial charge in [0.15, 0.2) is 0 Å². The number of carbonyl (C=O) groups excluding carboxylic acids is 1. The molecule has 0 saturated carbocycles. The molecular weight excluding hydrogens is 180 g/mol. The van der Waals surface area contributed by atoms with E-state index < -0.39 is 0 Å². The molecule has 0 aromatic rings. The van der Waals surface area contributed by atoms with E-state index in [1.165, 1.54) is 0 Å². The fraction of sp³-hybridized carbons (Fsp3) is 0.909. The molecule has 0 atom stereocenters. The zero-order valence-corrected chi connectivity index (χ0v) is 9.51. The first-order chi connectivity index (χ1) is 6.45. The summed E-state index contributed by atoms with van der Waals surface area (Å²) in [6, 6.07) is 0. The number of ketones is 1. The molecule has 3 heteroatoms. The van der Waals surface area contributed by atoms with E-state index in [2.05, 4.69) is 20.8 Å². The van der Waals surface area contributed by atoms with E-state index in [0.29, 0.717) is 26.1 Å². The normalized spacial score (nSPS) is 11.7. The summed E-state index contributed by atoms with van der Waals surface area (Å²) in [5, 5.41) is 8.43. The Morgan fingerprint density at radius 2 is 1.86 bits per heavy atom. The monoisotopic (exact) mass is 202 g/mol. The van der Waals surface area contributed by atoms with Gasteiger partial charge in [-0.15, -0.1) is 0 Å². The van der Waals surface area contributed by atoms with Gasteiger partial charge in [0.1, 0.15) is 5.78 Å². The molecule has 0 rings (SSSR count). The van der Waals surface area contributed by atoms with E-state index in [4.69, 9.17) is 9.84 Å². The Labute approximate surface area is 86.5 Å². The molecule has 0 aromatic heterocycles. The van der Waals surface area contributed by atoms with Crippen LogP contribution in [0.1, 0.15) is 40.0 Å². The van der Waals surface area contributed by atoms with Gasteiger partial charge in [-0.25, -0.2) is 0 Å². The van der Waals surface area contributed by atoms with Crippen molar-refractivity contribution < 1.29 is 14.6 Å². The van der Waals surface area contributed by atoms with Crippen LogP contribution >= 0.6 is 0 Å². The lowest BCUT2D eigenvalue weighted by atomic mass is 9.89. The number of ether oxygens (including phenoxy) is 1. The van der Waals surface area contributed by atoms with Crippen molar-refractivity contribution in [3.05, 3.63) is 0 Å². The second-order valence-electron chi connectivity index (χ2n) is 4.69. The number of aliphatic hydroxyl groups is 1. The SMILES string of the molecule is CC(C)(C)CCC(=O)CCOCCO. The Morgan fingerprint density at radius 1 is 1.21 bits per heavy atom. The quantitative estimate of drug-likeness (QED) is 0.640. The molecule has 0 spiro atoms. The van der Waals surface area contributed by atoms with Gasteiger partial charge < -0.3 is 9.84 Å². The molecule has 1 N–H and O–H groups in total. The highest BCUT2D eigenvalue weighted by Crippen LogP contribution is 2.20. The highest BCUT2D eigenvalue weighted by molar-refractivity contribution is 5.78. The molecule has 0 aromatic carbocycles. The van der Waals surface area contributed by atoms with Crippen LogP contribution in [0.4, 0.5) is 0 Å². The second-order valence-corrected chi connectivity index (χ2v) is 4.69. The average Bonchev–Trinajstić information content (AvgIpc) is 2.08. The van der Waals surface area contributed by atoms with Gasteiger partial charge >= 0.3 is 0 Å². The molecule has 0 radical (unpaired) electrons. The van der Waals surface area contributed by atoms with Crippen molar-refractivity contribution in [1.82, 2.24) is 0 Å². The standard InChI is InChI=1S/C11H22O3/c1-11(2,3)6-4-10(13)5-8-14-9-7-12/h12H,4-9H2,1-3H3. The van der Waals surface area contributed by atoms with Crippen molar-refractivity contribution in [3.8, 4) is 0 Å². The molecule has 0 aliphatic heterocycles. The van der Waals surface area contributed by atoms with Gasteiger partial charge in [-0.05, 0) is 11.8 Å². The number of Topliss-reactive ketones (excluding diaryl/α,β-unsaturated/α-hetero) is 1. The van der Waals surface area contributed by atoms with Crippen LogP contribution in [0, 0.1) is 5.41 Å². The zero-order valence-electron chi connectivity index (χ0n) is 9.51. The van der Waals surface area contributed by atoms with Gasteiger partial charge in [0.05, 0.1) is 19.8 Å². The Kier molecular flexibility index (Phi) is 6.75. The number of hydrogen-bond donors (Lipinski definition) is 1. The summed E-state index contributed by atoms with van der Waals surface area (Å²) in [5.74, 6) is 0.248. The van der Waals surface area contributed by atoms with Crippen molar-refractivity contribution in [2.45, 2.75) is 40.0 Å². The summed E-state index contributed by atoms with van der Waals surface area (Å²) in [4.78, 5) is 11.3. The summed E-state index contributed by atoms with van der Waals surface area (Å²) in [5.41, 5.74) is 0.224. The molecular formula is C11H22O3. The molecule has 0 aliphatic carbocycles. The summed E-state index contributed by atoms with van der Waals surface area (Å²) in [6.45, 7) is 7.17. The lowest BCUT2D eigenvalue weighted by molar-refractivity contribution is -0.120. The minimum Gasteiger partial charge on any atom is -0.394 e. The fourth-order valence-electron chi connectivity index (χ4n) is 0.992. The maximum atomic E-state index is 11.3. The average molecular weight is 202 g/mol. The van der Waals surface area contributed by atoms with Gasteiger partial charge in [-0.3, -0.25) is 4.79 Å². The topological polar surface area (TPSA) is 46.5 Å². The molecule has 0 amide bonds. The predicted octanol–water partition coefficient (Wildman–Crippen LogP) is 1.78. The maximum Gasteiger partial charge on any atom is 0.135 e. The van der Waals surface area contributed by atoms with Crippen molar-refractivity contribution in [3.63, 3.8) is 0 Å².